The minimum Gasteiger partial charge on any atom is -0.480 e. The zero-order valence-electron chi connectivity index (χ0n) is 24.7. The third-order valence-electron chi connectivity index (χ3n) is 7.75. The van der Waals surface area contributed by atoms with E-state index in [1.807, 2.05) is 74.6 Å². The van der Waals surface area contributed by atoms with Gasteiger partial charge in [-0.05, 0) is 29.5 Å². The Morgan fingerprint density at radius 2 is 1.57 bits per heavy atom. The van der Waals surface area contributed by atoms with Gasteiger partial charge in [0.15, 0.2) is 0 Å². The number of hydrogen-bond donors (Lipinski definition) is 7. The van der Waals surface area contributed by atoms with Gasteiger partial charge in [-0.15, -0.1) is 0 Å². The summed E-state index contributed by atoms with van der Waals surface area (Å²) < 4.78 is 0. The number of benzene rings is 2. The second kappa shape index (κ2) is 15.0. The Bertz CT molecular complexity index is 1550. The number of amides is 3. The summed E-state index contributed by atoms with van der Waals surface area (Å²) >= 11 is 0. The van der Waals surface area contributed by atoms with Gasteiger partial charge in [0, 0.05) is 41.8 Å². The number of carbonyl (C=O) groups is 4. The molecule has 2 aromatic heterocycles. The van der Waals surface area contributed by atoms with Crippen LogP contribution in [-0.2, 0) is 38.4 Å². The normalized spacial score (nSPS) is 14.6. The quantitative estimate of drug-likeness (QED) is 0.108. The first-order valence-corrected chi connectivity index (χ1v) is 14.6. The fraction of sp³-hybridized carbons (Fsp3) is 0.344. The molecule has 0 saturated carbocycles. The predicted molar refractivity (Wildman–Crippen MR) is 165 cm³/mol. The molecule has 4 aromatic rings. The Hall–Kier alpha value is -4.97. The molecule has 2 aromatic carbocycles. The Balaban J connectivity index is 1.48. The highest BCUT2D eigenvalue weighted by atomic mass is 16.4. The van der Waals surface area contributed by atoms with Gasteiger partial charge < -0.3 is 36.8 Å². The third kappa shape index (κ3) is 8.32. The van der Waals surface area contributed by atoms with Gasteiger partial charge >= 0.3 is 5.97 Å². The lowest BCUT2D eigenvalue weighted by Gasteiger charge is -2.28. The Kier molecular flexibility index (Phi) is 10.9. The zero-order chi connectivity index (χ0) is 31.6. The molecule has 0 fully saturated rings. The SMILES string of the molecule is CCC(C)C(NC(=O)C(N)Cc1c[nH]c2ccccc12)C(=O)NC(Cc1ccccc1)C(=O)NC(Cc1cnc[nH]1)C(=O)O. The molecule has 0 spiro atoms. The molecule has 3 amide bonds. The van der Waals surface area contributed by atoms with E-state index in [-0.39, 0.29) is 25.2 Å². The van der Waals surface area contributed by atoms with E-state index in [1.54, 1.807) is 0 Å². The minimum absolute atomic E-state index is 0.0209. The van der Waals surface area contributed by atoms with Crippen molar-refractivity contribution in [1.82, 2.24) is 30.9 Å². The molecule has 0 aliphatic heterocycles. The number of carbonyl (C=O) groups excluding carboxylic acids is 3. The van der Waals surface area contributed by atoms with Gasteiger partial charge in [-0.1, -0.05) is 68.8 Å². The number of aromatic amines is 2. The van der Waals surface area contributed by atoms with E-state index in [9.17, 15) is 24.3 Å². The van der Waals surface area contributed by atoms with Crippen molar-refractivity contribution in [2.45, 2.75) is 63.7 Å². The van der Waals surface area contributed by atoms with Crippen molar-refractivity contribution in [3.05, 3.63) is 90.1 Å². The molecule has 0 radical (unpaired) electrons. The first-order valence-electron chi connectivity index (χ1n) is 14.6. The third-order valence-corrected chi connectivity index (χ3v) is 7.75. The van der Waals surface area contributed by atoms with Gasteiger partial charge in [-0.2, -0.15) is 0 Å². The summed E-state index contributed by atoms with van der Waals surface area (Å²) in [7, 11) is 0. The smallest absolute Gasteiger partial charge is 0.326 e. The van der Waals surface area contributed by atoms with Gasteiger partial charge in [-0.25, -0.2) is 9.78 Å². The Morgan fingerprint density at radius 3 is 2.25 bits per heavy atom. The van der Waals surface area contributed by atoms with Gasteiger partial charge in [0.1, 0.15) is 18.1 Å². The average molecular weight is 602 g/mol. The van der Waals surface area contributed by atoms with Crippen molar-refractivity contribution in [2.75, 3.05) is 0 Å². The number of fused-ring (bicyclic) bond motifs is 1. The standard InChI is InChI=1S/C32H39N7O5/c1-3-19(2)28(39-29(40)24(33)14-21-16-35-25-12-8-7-11-23(21)25)31(42)37-26(13-20-9-5-4-6-10-20)30(41)38-27(32(43)44)15-22-17-34-18-36-22/h4-12,16-19,24,26-28,35H,3,13-15,33H2,1-2H3,(H,34,36)(H,37,42)(H,38,41)(H,39,40)(H,43,44). The minimum atomic E-state index is -1.26. The molecule has 5 atom stereocenters. The first kappa shape index (κ1) is 32.0. The van der Waals surface area contributed by atoms with E-state index >= 15 is 0 Å². The molecule has 5 unspecified atom stereocenters. The molecule has 2 heterocycles. The van der Waals surface area contributed by atoms with Crippen LogP contribution in [0, 0.1) is 5.92 Å². The van der Waals surface area contributed by atoms with Crippen LogP contribution in [0.3, 0.4) is 0 Å². The van der Waals surface area contributed by atoms with Crippen molar-refractivity contribution in [3.8, 4) is 0 Å². The van der Waals surface area contributed by atoms with Crippen LogP contribution in [0.25, 0.3) is 10.9 Å². The van der Waals surface area contributed by atoms with E-state index in [4.69, 9.17) is 5.73 Å². The molecule has 0 bridgehead atoms. The maximum atomic E-state index is 13.7. The number of H-pyrrole nitrogens is 2. The molecule has 0 aliphatic carbocycles. The van der Waals surface area contributed by atoms with Crippen molar-refractivity contribution in [3.63, 3.8) is 0 Å². The van der Waals surface area contributed by atoms with E-state index in [0.717, 1.165) is 22.0 Å². The lowest BCUT2D eigenvalue weighted by Crippen LogP contribution is -2.59. The van der Waals surface area contributed by atoms with E-state index < -0.39 is 47.9 Å². The van der Waals surface area contributed by atoms with Crippen LogP contribution in [0.2, 0.25) is 0 Å². The fourth-order valence-corrected chi connectivity index (χ4v) is 5.00. The summed E-state index contributed by atoms with van der Waals surface area (Å²) in [6.45, 7) is 3.72. The number of rotatable bonds is 15. The summed E-state index contributed by atoms with van der Waals surface area (Å²) in [4.78, 5) is 62.3. The van der Waals surface area contributed by atoms with Gasteiger partial charge in [-0.3, -0.25) is 14.4 Å². The summed E-state index contributed by atoms with van der Waals surface area (Å²) in [6.07, 6.45) is 5.63. The number of hydrogen-bond acceptors (Lipinski definition) is 6. The van der Waals surface area contributed by atoms with Crippen molar-refractivity contribution >= 4 is 34.6 Å². The summed E-state index contributed by atoms with van der Waals surface area (Å²) in [5.41, 5.74) is 9.41. The van der Waals surface area contributed by atoms with Gasteiger partial charge in [0.05, 0.1) is 12.4 Å². The van der Waals surface area contributed by atoms with Crippen LogP contribution in [0.1, 0.15) is 37.1 Å². The maximum Gasteiger partial charge on any atom is 0.326 e. The molecule has 12 nitrogen and oxygen atoms in total. The number of nitrogens with zero attached hydrogens (tertiary/aromatic N) is 1. The number of carboxylic acids is 1. The number of aromatic nitrogens is 3. The first-order chi connectivity index (χ1) is 21.2. The number of imidazole rings is 1. The lowest BCUT2D eigenvalue weighted by atomic mass is 9.96. The highest BCUT2D eigenvalue weighted by Gasteiger charge is 2.33. The van der Waals surface area contributed by atoms with Crippen molar-refractivity contribution in [2.24, 2.45) is 11.7 Å². The summed E-state index contributed by atoms with van der Waals surface area (Å²) in [5.74, 6) is -3.24. The molecule has 12 heteroatoms. The number of carboxylic acid groups (broad SMARTS) is 1. The lowest BCUT2D eigenvalue weighted by molar-refractivity contribution is -0.142. The number of nitrogens with one attached hydrogen (secondary N) is 5. The number of nitrogens with two attached hydrogens (primary N) is 1. The summed E-state index contributed by atoms with van der Waals surface area (Å²) in [5, 5.41) is 18.9. The molecular weight excluding hydrogens is 562 g/mol. The molecular formula is C32H39N7O5. The summed E-state index contributed by atoms with van der Waals surface area (Å²) in [6, 6.07) is 12.5. The van der Waals surface area contributed by atoms with E-state index in [2.05, 4.69) is 30.9 Å². The second-order valence-corrected chi connectivity index (χ2v) is 11.0. The van der Waals surface area contributed by atoms with Gasteiger partial charge in [0.25, 0.3) is 0 Å². The topological polar surface area (TPSA) is 195 Å². The number of para-hydroxylation sites is 1. The maximum absolute atomic E-state index is 13.7. The Morgan fingerprint density at radius 1 is 0.864 bits per heavy atom. The monoisotopic (exact) mass is 601 g/mol. The highest BCUT2D eigenvalue weighted by Crippen LogP contribution is 2.19. The Labute approximate surface area is 255 Å². The average Bonchev–Trinajstić information content (AvgIpc) is 3.69. The van der Waals surface area contributed by atoms with Crippen molar-refractivity contribution < 1.29 is 24.3 Å². The van der Waals surface area contributed by atoms with Crippen LogP contribution in [0.5, 0.6) is 0 Å². The number of aliphatic carboxylic acids is 1. The van der Waals surface area contributed by atoms with E-state index in [1.165, 1.54) is 12.5 Å². The largest absolute Gasteiger partial charge is 0.480 e. The molecule has 232 valence electrons. The second-order valence-electron chi connectivity index (χ2n) is 11.0. The molecule has 44 heavy (non-hydrogen) atoms. The fourth-order valence-electron chi connectivity index (χ4n) is 5.00. The predicted octanol–water partition coefficient (Wildman–Crippen LogP) is 1.83. The molecule has 0 saturated heterocycles. The zero-order valence-corrected chi connectivity index (χ0v) is 24.7. The van der Waals surface area contributed by atoms with Crippen LogP contribution in [0.4, 0.5) is 0 Å². The highest BCUT2D eigenvalue weighted by molar-refractivity contribution is 5.94. The molecule has 8 N–H and O–H groups in total. The molecule has 4 rings (SSSR count). The van der Waals surface area contributed by atoms with E-state index in [0.29, 0.717) is 12.1 Å². The van der Waals surface area contributed by atoms with Crippen LogP contribution < -0.4 is 21.7 Å². The molecule has 0 aliphatic rings. The van der Waals surface area contributed by atoms with Gasteiger partial charge in [0.2, 0.25) is 17.7 Å². The van der Waals surface area contributed by atoms with Crippen LogP contribution in [0.15, 0.2) is 73.3 Å². The van der Waals surface area contributed by atoms with Crippen LogP contribution >= 0.6 is 0 Å². The van der Waals surface area contributed by atoms with Crippen molar-refractivity contribution in [1.29, 1.82) is 0 Å². The van der Waals surface area contributed by atoms with Crippen LogP contribution in [-0.4, -0.2) is 67.9 Å².